The van der Waals surface area contributed by atoms with E-state index in [2.05, 4.69) is 15.5 Å². The second-order valence-electron chi connectivity index (χ2n) is 3.31. The van der Waals surface area contributed by atoms with E-state index in [0.29, 0.717) is 6.42 Å². The summed E-state index contributed by atoms with van der Waals surface area (Å²) in [7, 11) is 0. The average molecular weight is 217 g/mol. The predicted octanol–water partition coefficient (Wildman–Crippen LogP) is -0.793. The molecule has 6 heteroatoms. The van der Waals surface area contributed by atoms with Gasteiger partial charge in [0.15, 0.2) is 0 Å². The summed E-state index contributed by atoms with van der Waals surface area (Å²) < 4.78 is 1.18. The standard InChI is InChI=1S/C10H10N4O2/c15-10(16)9(14-7-11-12-13-14)6-8-4-2-1-3-5-8/h1-5,7,9H,6H2,(H,15,16)/p-1/t9-/m0/s1. The van der Waals surface area contributed by atoms with E-state index >= 15 is 0 Å². The van der Waals surface area contributed by atoms with Crippen LogP contribution in [0.1, 0.15) is 11.6 Å². The molecule has 0 radical (unpaired) electrons. The number of rotatable bonds is 4. The van der Waals surface area contributed by atoms with E-state index in [4.69, 9.17) is 0 Å². The Labute approximate surface area is 91.5 Å². The third-order valence-electron chi connectivity index (χ3n) is 2.23. The summed E-state index contributed by atoms with van der Waals surface area (Å²) in [6.07, 6.45) is 1.57. The highest BCUT2D eigenvalue weighted by Crippen LogP contribution is 2.11. The Balaban J connectivity index is 2.19. The molecule has 2 rings (SSSR count). The smallest absolute Gasteiger partial charge is 0.138 e. The number of carboxylic acids is 1. The van der Waals surface area contributed by atoms with Gasteiger partial charge in [0.05, 0.1) is 12.0 Å². The first-order valence-electron chi connectivity index (χ1n) is 4.74. The second-order valence-corrected chi connectivity index (χ2v) is 3.31. The molecule has 0 saturated carbocycles. The number of aliphatic carboxylic acids is 1. The first-order valence-corrected chi connectivity index (χ1v) is 4.74. The van der Waals surface area contributed by atoms with E-state index in [1.807, 2.05) is 30.3 Å². The van der Waals surface area contributed by atoms with Gasteiger partial charge in [0.1, 0.15) is 6.33 Å². The molecule has 0 unspecified atom stereocenters. The minimum absolute atomic E-state index is 0.300. The van der Waals surface area contributed by atoms with Crippen molar-refractivity contribution in [3.8, 4) is 0 Å². The predicted molar refractivity (Wildman–Crippen MR) is 52.0 cm³/mol. The zero-order valence-corrected chi connectivity index (χ0v) is 8.35. The maximum Gasteiger partial charge on any atom is 0.138 e. The summed E-state index contributed by atoms with van der Waals surface area (Å²) in [6.45, 7) is 0. The number of carbonyl (C=O) groups excluding carboxylic acids is 1. The highest BCUT2D eigenvalue weighted by atomic mass is 16.4. The lowest BCUT2D eigenvalue weighted by Crippen LogP contribution is -2.35. The van der Waals surface area contributed by atoms with Crippen molar-refractivity contribution >= 4 is 5.97 Å². The monoisotopic (exact) mass is 217 g/mol. The lowest BCUT2D eigenvalue weighted by Gasteiger charge is -2.16. The van der Waals surface area contributed by atoms with Crippen molar-refractivity contribution in [3.05, 3.63) is 42.2 Å². The molecule has 0 spiro atoms. The minimum Gasteiger partial charge on any atom is -0.548 e. The third-order valence-corrected chi connectivity index (χ3v) is 2.23. The van der Waals surface area contributed by atoms with E-state index in [1.165, 1.54) is 11.0 Å². The maximum atomic E-state index is 11.0. The lowest BCUT2D eigenvalue weighted by molar-refractivity contribution is -0.310. The Morgan fingerprint density at radius 2 is 2.12 bits per heavy atom. The van der Waals surface area contributed by atoms with Gasteiger partial charge in [-0.1, -0.05) is 30.3 Å². The Hall–Kier alpha value is -2.24. The maximum absolute atomic E-state index is 11.0. The molecule has 0 saturated heterocycles. The highest BCUT2D eigenvalue weighted by molar-refractivity contribution is 5.69. The van der Waals surface area contributed by atoms with Gasteiger partial charge in [-0.3, -0.25) is 0 Å². The van der Waals surface area contributed by atoms with Gasteiger partial charge in [0.25, 0.3) is 0 Å². The molecule has 2 aromatic rings. The number of aromatic nitrogens is 4. The van der Waals surface area contributed by atoms with Gasteiger partial charge < -0.3 is 9.90 Å². The van der Waals surface area contributed by atoms with Crippen molar-refractivity contribution in [3.63, 3.8) is 0 Å². The van der Waals surface area contributed by atoms with Crippen LogP contribution in [0, 0.1) is 0 Å². The van der Waals surface area contributed by atoms with Gasteiger partial charge in [-0.25, -0.2) is 4.68 Å². The van der Waals surface area contributed by atoms with Crippen molar-refractivity contribution in [1.82, 2.24) is 20.2 Å². The first kappa shape index (κ1) is 10.3. The first-order chi connectivity index (χ1) is 7.77. The van der Waals surface area contributed by atoms with Gasteiger partial charge in [-0.05, 0) is 16.0 Å². The molecule has 1 aromatic heterocycles. The summed E-state index contributed by atoms with van der Waals surface area (Å²) >= 11 is 0. The number of hydrogen-bond donors (Lipinski definition) is 0. The zero-order chi connectivity index (χ0) is 11.4. The third kappa shape index (κ3) is 2.22. The van der Waals surface area contributed by atoms with Crippen molar-refractivity contribution in [2.45, 2.75) is 12.5 Å². The van der Waals surface area contributed by atoms with Crippen LogP contribution in [0.25, 0.3) is 0 Å². The Morgan fingerprint density at radius 1 is 1.38 bits per heavy atom. The van der Waals surface area contributed by atoms with Crippen molar-refractivity contribution in [1.29, 1.82) is 0 Å². The topological polar surface area (TPSA) is 83.7 Å². The van der Waals surface area contributed by atoms with Crippen LogP contribution in [0.2, 0.25) is 0 Å². The molecule has 0 amide bonds. The van der Waals surface area contributed by atoms with E-state index in [9.17, 15) is 9.90 Å². The fourth-order valence-electron chi connectivity index (χ4n) is 1.43. The molecule has 1 atom stereocenters. The minimum atomic E-state index is -1.20. The van der Waals surface area contributed by atoms with Gasteiger partial charge in [0, 0.05) is 6.42 Å². The van der Waals surface area contributed by atoms with E-state index < -0.39 is 12.0 Å². The molecule has 0 aliphatic rings. The summed E-state index contributed by atoms with van der Waals surface area (Å²) in [5, 5.41) is 21.4. The number of benzene rings is 1. The number of carboxylic acid groups (broad SMARTS) is 1. The molecule has 1 heterocycles. The fourth-order valence-corrected chi connectivity index (χ4v) is 1.43. The van der Waals surface area contributed by atoms with Crippen molar-refractivity contribution in [2.24, 2.45) is 0 Å². The molecule has 16 heavy (non-hydrogen) atoms. The highest BCUT2D eigenvalue weighted by Gasteiger charge is 2.14. The quantitative estimate of drug-likeness (QED) is 0.669. The normalized spacial score (nSPS) is 12.2. The summed E-state index contributed by atoms with van der Waals surface area (Å²) in [6, 6.07) is 8.38. The van der Waals surface area contributed by atoms with Crippen LogP contribution in [-0.4, -0.2) is 26.2 Å². The van der Waals surface area contributed by atoms with Crippen LogP contribution in [0.5, 0.6) is 0 Å². The van der Waals surface area contributed by atoms with Gasteiger partial charge in [-0.2, -0.15) is 0 Å². The molecule has 1 aromatic carbocycles. The molecule has 82 valence electrons. The number of nitrogens with zero attached hydrogens (tertiary/aromatic N) is 4. The SMILES string of the molecule is O=C([O-])[C@H](Cc1ccccc1)n1cnnn1. The molecular weight excluding hydrogens is 208 g/mol. The van der Waals surface area contributed by atoms with Gasteiger partial charge >= 0.3 is 0 Å². The number of carbonyl (C=O) groups is 1. The van der Waals surface area contributed by atoms with Crippen LogP contribution < -0.4 is 5.11 Å². The molecule has 6 nitrogen and oxygen atoms in total. The van der Waals surface area contributed by atoms with Gasteiger partial charge in [0.2, 0.25) is 0 Å². The van der Waals surface area contributed by atoms with Crippen LogP contribution in [0.15, 0.2) is 36.7 Å². The number of hydrogen-bond acceptors (Lipinski definition) is 5. The number of tetrazole rings is 1. The molecule has 0 bridgehead atoms. The van der Waals surface area contributed by atoms with Crippen LogP contribution in [-0.2, 0) is 11.2 Å². The average Bonchev–Trinajstić information content (AvgIpc) is 2.80. The summed E-state index contributed by atoms with van der Waals surface area (Å²) in [4.78, 5) is 11.0. The largest absolute Gasteiger partial charge is 0.548 e. The molecule has 0 aliphatic heterocycles. The Bertz CT molecular complexity index is 455. The lowest BCUT2D eigenvalue weighted by atomic mass is 10.1. The van der Waals surface area contributed by atoms with E-state index in [-0.39, 0.29) is 0 Å². The molecule has 0 aliphatic carbocycles. The van der Waals surface area contributed by atoms with Gasteiger partial charge in [-0.15, -0.1) is 5.10 Å². The van der Waals surface area contributed by atoms with Crippen molar-refractivity contribution in [2.75, 3.05) is 0 Å². The molecule has 0 fully saturated rings. The Morgan fingerprint density at radius 3 is 2.69 bits per heavy atom. The van der Waals surface area contributed by atoms with Crippen LogP contribution in [0.3, 0.4) is 0 Å². The molecular formula is C10H9N4O2-. The second kappa shape index (κ2) is 4.52. The summed E-state index contributed by atoms with van der Waals surface area (Å²) in [5.41, 5.74) is 0.896. The van der Waals surface area contributed by atoms with E-state index in [1.54, 1.807) is 0 Å². The summed E-state index contributed by atoms with van der Waals surface area (Å²) in [5.74, 6) is -1.20. The van der Waals surface area contributed by atoms with Crippen LogP contribution in [0.4, 0.5) is 0 Å². The van der Waals surface area contributed by atoms with E-state index in [0.717, 1.165) is 5.56 Å². The van der Waals surface area contributed by atoms with Crippen molar-refractivity contribution < 1.29 is 9.90 Å². The zero-order valence-electron chi connectivity index (χ0n) is 8.35. The fraction of sp³-hybridized carbons (Fsp3) is 0.200. The molecule has 0 N–H and O–H groups in total. The Kier molecular flexibility index (Phi) is 2.90. The van der Waals surface area contributed by atoms with Crippen LogP contribution >= 0.6 is 0 Å².